The van der Waals surface area contributed by atoms with Crippen molar-refractivity contribution < 1.29 is 28.6 Å². The van der Waals surface area contributed by atoms with Crippen LogP contribution in [-0.2, 0) is 27.5 Å². The van der Waals surface area contributed by atoms with Crippen LogP contribution in [0, 0.1) is 12.8 Å². The second kappa shape index (κ2) is 13.9. The van der Waals surface area contributed by atoms with Gasteiger partial charge in [0.15, 0.2) is 0 Å². The van der Waals surface area contributed by atoms with Gasteiger partial charge in [0.05, 0.1) is 37.6 Å². The van der Waals surface area contributed by atoms with Crippen LogP contribution in [0.15, 0.2) is 59.4 Å². The van der Waals surface area contributed by atoms with Crippen molar-refractivity contribution >= 4 is 17.7 Å². The minimum Gasteiger partial charge on any atom is -0.493 e. The summed E-state index contributed by atoms with van der Waals surface area (Å²) in [6.45, 7) is 6.68. The average molecular weight is 618 g/mol. The molecule has 1 N–H and O–H groups in total. The number of hydrogen-bond acceptors (Lipinski definition) is 8. The van der Waals surface area contributed by atoms with E-state index >= 15 is 0 Å². The first-order valence-electron chi connectivity index (χ1n) is 15.1. The number of carbonyl (C=O) groups is 3. The van der Waals surface area contributed by atoms with E-state index < -0.39 is 12.1 Å². The monoisotopic (exact) mass is 617 g/mol. The zero-order chi connectivity index (χ0) is 32.1. The van der Waals surface area contributed by atoms with Crippen LogP contribution in [-0.4, -0.2) is 82.7 Å². The van der Waals surface area contributed by atoms with Crippen molar-refractivity contribution in [3.63, 3.8) is 0 Å². The SMILES string of the molecule is Cc1ccc(=O)n(CC(=O)N2CC[C@@H]3NC(=O)CN(C)C(=O)c4cc(OCC(C)C)cc(c4)Oc4cccc(c4)CO[C@H]3C2)n1. The van der Waals surface area contributed by atoms with Crippen LogP contribution in [0.25, 0.3) is 0 Å². The normalized spacial score (nSPS) is 19.0. The van der Waals surface area contributed by atoms with E-state index in [0.717, 1.165) is 10.2 Å². The van der Waals surface area contributed by atoms with Gasteiger partial charge in [-0.25, -0.2) is 4.68 Å². The van der Waals surface area contributed by atoms with Crippen LogP contribution < -0.4 is 20.3 Å². The van der Waals surface area contributed by atoms with Crippen LogP contribution in [0.4, 0.5) is 0 Å². The smallest absolute Gasteiger partial charge is 0.267 e. The molecule has 2 aliphatic rings. The Hall–Kier alpha value is -4.71. The summed E-state index contributed by atoms with van der Waals surface area (Å²) in [5, 5.41) is 7.20. The van der Waals surface area contributed by atoms with Gasteiger partial charge in [0.2, 0.25) is 11.8 Å². The maximum absolute atomic E-state index is 13.4. The summed E-state index contributed by atoms with van der Waals surface area (Å²) in [5.41, 5.74) is 1.43. The number of nitrogens with zero attached hydrogens (tertiary/aromatic N) is 4. The second-order valence-corrected chi connectivity index (χ2v) is 11.9. The minimum atomic E-state index is -0.541. The van der Waals surface area contributed by atoms with Gasteiger partial charge in [0.1, 0.15) is 23.8 Å². The average Bonchev–Trinajstić information content (AvgIpc) is 3.00. The maximum Gasteiger partial charge on any atom is 0.267 e. The fraction of sp³-hybridized carbons (Fsp3) is 0.424. The molecule has 2 aliphatic heterocycles. The third kappa shape index (κ3) is 8.27. The summed E-state index contributed by atoms with van der Waals surface area (Å²) in [7, 11) is 1.56. The lowest BCUT2D eigenvalue weighted by Gasteiger charge is -2.39. The molecule has 12 heteroatoms. The lowest BCUT2D eigenvalue weighted by atomic mass is 10.0. The first kappa shape index (κ1) is 31.7. The van der Waals surface area contributed by atoms with Crippen LogP contribution in [0.3, 0.4) is 0 Å². The Morgan fingerprint density at radius 3 is 2.71 bits per heavy atom. The highest BCUT2D eigenvalue weighted by Crippen LogP contribution is 2.29. The Morgan fingerprint density at radius 1 is 1.09 bits per heavy atom. The maximum atomic E-state index is 13.4. The third-order valence-corrected chi connectivity index (χ3v) is 7.58. The van der Waals surface area contributed by atoms with Gasteiger partial charge < -0.3 is 29.3 Å². The molecule has 12 nitrogen and oxygen atoms in total. The Labute approximate surface area is 261 Å². The number of ether oxygens (including phenoxy) is 3. The lowest BCUT2D eigenvalue weighted by molar-refractivity contribution is -0.138. The molecule has 2 atom stereocenters. The second-order valence-electron chi connectivity index (χ2n) is 11.9. The van der Waals surface area contributed by atoms with Crippen molar-refractivity contribution in [3.05, 3.63) is 81.8 Å². The number of rotatable bonds is 5. The number of benzene rings is 2. The molecule has 3 aromatic rings. The molecule has 3 heterocycles. The number of hydrogen-bond donors (Lipinski definition) is 1. The topological polar surface area (TPSA) is 132 Å². The summed E-state index contributed by atoms with van der Waals surface area (Å²) >= 11 is 0. The van der Waals surface area contributed by atoms with Crippen LogP contribution in [0.5, 0.6) is 17.2 Å². The fourth-order valence-electron chi connectivity index (χ4n) is 5.27. The van der Waals surface area contributed by atoms with Gasteiger partial charge in [-0.3, -0.25) is 19.2 Å². The number of likely N-dealkylation sites (N-methyl/N-ethyl adjacent to an activating group) is 1. The van der Waals surface area contributed by atoms with E-state index in [0.29, 0.717) is 48.1 Å². The van der Waals surface area contributed by atoms with E-state index in [1.165, 1.54) is 11.0 Å². The first-order chi connectivity index (χ1) is 21.5. The fourth-order valence-corrected chi connectivity index (χ4v) is 5.27. The molecule has 45 heavy (non-hydrogen) atoms. The summed E-state index contributed by atoms with van der Waals surface area (Å²) < 4.78 is 19.6. The van der Waals surface area contributed by atoms with Gasteiger partial charge in [0.25, 0.3) is 11.5 Å². The number of amides is 3. The Bertz CT molecular complexity index is 1620. The number of carbonyl (C=O) groups excluding carboxylic acids is 3. The van der Waals surface area contributed by atoms with Gasteiger partial charge in [-0.1, -0.05) is 26.0 Å². The number of fused-ring (bicyclic) bond motifs is 5. The Balaban J connectivity index is 1.39. The van der Waals surface area contributed by atoms with Crippen molar-refractivity contribution in [1.82, 2.24) is 24.9 Å². The molecule has 0 spiro atoms. The minimum absolute atomic E-state index is 0.182. The summed E-state index contributed by atoms with van der Waals surface area (Å²) in [6, 6.07) is 15.0. The van der Waals surface area contributed by atoms with Gasteiger partial charge in [0, 0.05) is 37.8 Å². The lowest BCUT2D eigenvalue weighted by Crippen LogP contribution is -2.57. The molecule has 5 rings (SSSR count). The van der Waals surface area contributed by atoms with Crippen LogP contribution >= 0.6 is 0 Å². The van der Waals surface area contributed by atoms with Gasteiger partial charge in [-0.15, -0.1) is 0 Å². The zero-order valence-corrected chi connectivity index (χ0v) is 26.0. The third-order valence-electron chi connectivity index (χ3n) is 7.58. The quantitative estimate of drug-likeness (QED) is 0.463. The number of likely N-dealkylation sites (tertiary alicyclic amines) is 1. The van der Waals surface area contributed by atoms with Gasteiger partial charge >= 0.3 is 0 Å². The molecule has 0 radical (unpaired) electrons. The molecule has 0 unspecified atom stereocenters. The molecule has 1 fully saturated rings. The highest BCUT2D eigenvalue weighted by Gasteiger charge is 2.34. The van der Waals surface area contributed by atoms with E-state index in [4.69, 9.17) is 14.2 Å². The van der Waals surface area contributed by atoms with Crippen molar-refractivity contribution in [2.45, 2.75) is 52.5 Å². The molecule has 2 aromatic carbocycles. The van der Waals surface area contributed by atoms with Crippen molar-refractivity contribution in [3.8, 4) is 17.2 Å². The molecule has 0 saturated carbocycles. The van der Waals surface area contributed by atoms with Crippen molar-refractivity contribution in [2.75, 3.05) is 33.3 Å². The Kier molecular flexibility index (Phi) is 9.82. The summed E-state index contributed by atoms with van der Waals surface area (Å²) in [4.78, 5) is 55.1. The molecule has 3 amide bonds. The molecule has 238 valence electrons. The van der Waals surface area contributed by atoms with E-state index in [2.05, 4.69) is 10.4 Å². The molecule has 4 bridgehead atoms. The van der Waals surface area contributed by atoms with E-state index in [1.54, 1.807) is 43.1 Å². The summed E-state index contributed by atoms with van der Waals surface area (Å²) in [5.74, 6) is 0.774. The van der Waals surface area contributed by atoms with E-state index in [-0.39, 0.29) is 55.4 Å². The zero-order valence-electron chi connectivity index (χ0n) is 26.0. The summed E-state index contributed by atoms with van der Waals surface area (Å²) in [6.07, 6.45) is -0.113. The highest BCUT2D eigenvalue weighted by atomic mass is 16.5. The molecule has 0 aliphatic carbocycles. The predicted molar refractivity (Wildman–Crippen MR) is 165 cm³/mol. The molecular formula is C33H39N5O7. The van der Waals surface area contributed by atoms with Crippen molar-refractivity contribution in [1.29, 1.82) is 0 Å². The number of aromatic nitrogens is 2. The van der Waals surface area contributed by atoms with E-state index in [9.17, 15) is 19.2 Å². The van der Waals surface area contributed by atoms with Gasteiger partial charge in [-0.05, 0) is 55.2 Å². The molecular weight excluding hydrogens is 578 g/mol. The van der Waals surface area contributed by atoms with E-state index in [1.807, 2.05) is 38.1 Å². The van der Waals surface area contributed by atoms with Gasteiger partial charge in [-0.2, -0.15) is 5.10 Å². The van der Waals surface area contributed by atoms with Crippen molar-refractivity contribution in [2.24, 2.45) is 5.92 Å². The number of nitrogens with one attached hydrogen (secondary N) is 1. The number of piperidine rings is 1. The molecule has 1 aromatic heterocycles. The Morgan fingerprint density at radius 2 is 1.91 bits per heavy atom. The number of aryl methyl sites for hydroxylation is 1. The largest absolute Gasteiger partial charge is 0.493 e. The predicted octanol–water partition coefficient (Wildman–Crippen LogP) is 2.77. The standard InChI is InChI=1S/C33H39N5O7/c1-21(2)19-43-26-13-24-14-27(15-26)45-25-7-5-6-23(12-25)20-44-29-16-37(32(41)18-38-31(40)9-8-22(3)35-38)11-10-28(29)34-30(39)17-36(4)33(24)42/h5-9,12-15,21,28-29H,10-11,16-20H2,1-4H3,(H,34,39)/t28-,29-/m0/s1. The first-order valence-corrected chi connectivity index (χ1v) is 15.1. The van der Waals surface area contributed by atoms with Crippen LogP contribution in [0.2, 0.25) is 0 Å². The van der Waals surface area contributed by atoms with Crippen LogP contribution in [0.1, 0.15) is 41.9 Å². The highest BCUT2D eigenvalue weighted by molar-refractivity contribution is 5.97. The molecule has 1 saturated heterocycles.